The Morgan fingerprint density at radius 1 is 1.05 bits per heavy atom. The van der Waals surface area contributed by atoms with Gasteiger partial charge in [-0.05, 0) is 52.0 Å². The van der Waals surface area contributed by atoms with E-state index in [1.807, 2.05) is 0 Å². The maximum absolute atomic E-state index is 3.61. The number of rotatable bonds is 12. The molecule has 0 unspecified atom stereocenters. The Kier molecular flexibility index (Phi) is 10.7. The zero-order chi connectivity index (χ0) is 16.0. The fourth-order valence-electron chi connectivity index (χ4n) is 2.54. The monoisotopic (exact) mass is 302 g/mol. The van der Waals surface area contributed by atoms with Crippen LogP contribution in [0.3, 0.4) is 0 Å². The van der Waals surface area contributed by atoms with Crippen LogP contribution in [0, 0.1) is 0 Å². The highest BCUT2D eigenvalue weighted by molar-refractivity contribution is 5.52. The number of hydrogen-bond donors (Lipinski definition) is 1. The summed E-state index contributed by atoms with van der Waals surface area (Å²) in [4.78, 5) is 2.24. The van der Waals surface area contributed by atoms with Gasteiger partial charge >= 0.3 is 0 Å². The van der Waals surface area contributed by atoms with E-state index >= 15 is 0 Å². The minimum Gasteiger partial charge on any atom is -0.313 e. The summed E-state index contributed by atoms with van der Waals surface area (Å²) < 4.78 is 0. The molecule has 22 heavy (non-hydrogen) atoms. The molecule has 0 saturated carbocycles. The number of benzene rings is 1. The lowest BCUT2D eigenvalue weighted by molar-refractivity contribution is 0.396. The minimum atomic E-state index is 1.02. The van der Waals surface area contributed by atoms with Gasteiger partial charge in [-0.15, -0.1) is 0 Å². The Balaban J connectivity index is 2.42. The Hall–Kier alpha value is -1.12. The van der Waals surface area contributed by atoms with Crippen molar-refractivity contribution < 1.29 is 0 Å². The molecule has 0 saturated heterocycles. The first-order valence-corrected chi connectivity index (χ1v) is 8.82. The molecule has 1 aromatic carbocycles. The quantitative estimate of drug-likeness (QED) is 0.568. The summed E-state index contributed by atoms with van der Waals surface area (Å²) in [5, 5.41) is 3.61. The molecule has 0 spiro atoms. The first kappa shape index (κ1) is 18.9. The topological polar surface area (TPSA) is 15.3 Å². The fraction of sp³-hybridized carbons (Fsp3) is 0.600. The molecular weight excluding hydrogens is 268 g/mol. The standard InChI is InChI=1S/C20H34N2/c1-4-5-6-8-14-20(17-19-12-9-7-10-13-19)18-21-15-11-16-22(2)3/h7,9-10,12-13,17,21H,4-6,8,11,14-16,18H2,1-3H3. The molecule has 0 atom stereocenters. The SMILES string of the molecule is CCCCCCC(=Cc1ccccc1)CNCCCN(C)C. The van der Waals surface area contributed by atoms with E-state index in [9.17, 15) is 0 Å². The van der Waals surface area contributed by atoms with Crippen LogP contribution in [0.15, 0.2) is 35.9 Å². The van der Waals surface area contributed by atoms with Crippen LogP contribution in [-0.2, 0) is 0 Å². The van der Waals surface area contributed by atoms with Crippen LogP contribution in [0.2, 0.25) is 0 Å². The summed E-state index contributed by atoms with van der Waals surface area (Å²) in [5.41, 5.74) is 2.86. The zero-order valence-corrected chi connectivity index (χ0v) is 14.8. The van der Waals surface area contributed by atoms with Crippen molar-refractivity contribution in [3.63, 3.8) is 0 Å². The van der Waals surface area contributed by atoms with Crippen molar-refractivity contribution in [2.24, 2.45) is 0 Å². The van der Waals surface area contributed by atoms with Crippen LogP contribution in [0.1, 0.15) is 51.0 Å². The molecule has 2 nitrogen and oxygen atoms in total. The van der Waals surface area contributed by atoms with Gasteiger partial charge in [0.2, 0.25) is 0 Å². The third-order valence-corrected chi connectivity index (χ3v) is 3.83. The highest BCUT2D eigenvalue weighted by atomic mass is 15.0. The van der Waals surface area contributed by atoms with Gasteiger partial charge in [0.25, 0.3) is 0 Å². The third kappa shape index (κ3) is 9.75. The first-order valence-electron chi connectivity index (χ1n) is 8.82. The van der Waals surface area contributed by atoms with Crippen molar-refractivity contribution >= 4 is 6.08 Å². The van der Waals surface area contributed by atoms with Gasteiger partial charge in [-0.3, -0.25) is 0 Å². The third-order valence-electron chi connectivity index (χ3n) is 3.83. The molecular formula is C20H34N2. The van der Waals surface area contributed by atoms with Gasteiger partial charge in [0.15, 0.2) is 0 Å². The highest BCUT2D eigenvalue weighted by Gasteiger charge is 2.00. The number of nitrogens with one attached hydrogen (secondary N) is 1. The average Bonchev–Trinajstić information content (AvgIpc) is 2.51. The minimum absolute atomic E-state index is 1.02. The van der Waals surface area contributed by atoms with E-state index in [0.717, 1.165) is 19.6 Å². The molecule has 2 heteroatoms. The van der Waals surface area contributed by atoms with Crippen LogP contribution >= 0.6 is 0 Å². The Labute approximate surface area is 137 Å². The van der Waals surface area contributed by atoms with E-state index in [0.29, 0.717) is 0 Å². The van der Waals surface area contributed by atoms with Crippen LogP contribution in [0.5, 0.6) is 0 Å². The highest BCUT2D eigenvalue weighted by Crippen LogP contribution is 2.14. The van der Waals surface area contributed by atoms with E-state index in [1.165, 1.54) is 49.7 Å². The molecule has 0 aliphatic carbocycles. The summed E-state index contributed by atoms with van der Waals surface area (Å²) in [5.74, 6) is 0. The lowest BCUT2D eigenvalue weighted by Gasteiger charge is -2.12. The smallest absolute Gasteiger partial charge is 0.0167 e. The molecule has 1 N–H and O–H groups in total. The van der Waals surface area contributed by atoms with Gasteiger partial charge in [0, 0.05) is 6.54 Å². The Morgan fingerprint density at radius 2 is 1.82 bits per heavy atom. The maximum Gasteiger partial charge on any atom is 0.0167 e. The summed E-state index contributed by atoms with van der Waals surface area (Å²) in [6.07, 6.45) is 10.1. The first-order chi connectivity index (χ1) is 10.7. The Morgan fingerprint density at radius 3 is 2.50 bits per heavy atom. The molecule has 0 aromatic heterocycles. The number of unbranched alkanes of at least 4 members (excludes halogenated alkanes) is 3. The van der Waals surface area contributed by atoms with Crippen molar-refractivity contribution in [3.05, 3.63) is 41.5 Å². The molecule has 124 valence electrons. The van der Waals surface area contributed by atoms with E-state index < -0.39 is 0 Å². The van der Waals surface area contributed by atoms with E-state index in [-0.39, 0.29) is 0 Å². The average molecular weight is 303 g/mol. The van der Waals surface area contributed by atoms with Gasteiger partial charge in [-0.2, -0.15) is 0 Å². The number of hydrogen-bond acceptors (Lipinski definition) is 2. The second kappa shape index (κ2) is 12.4. The van der Waals surface area contributed by atoms with E-state index in [4.69, 9.17) is 0 Å². The molecule has 0 bridgehead atoms. The number of nitrogens with zero attached hydrogens (tertiary/aromatic N) is 1. The lowest BCUT2D eigenvalue weighted by Crippen LogP contribution is -2.23. The van der Waals surface area contributed by atoms with Gasteiger partial charge in [-0.25, -0.2) is 0 Å². The van der Waals surface area contributed by atoms with Crippen molar-refractivity contribution in [1.82, 2.24) is 10.2 Å². The predicted molar refractivity (Wildman–Crippen MR) is 99.2 cm³/mol. The second-order valence-electron chi connectivity index (χ2n) is 6.36. The lowest BCUT2D eigenvalue weighted by atomic mass is 10.0. The summed E-state index contributed by atoms with van der Waals surface area (Å²) in [7, 11) is 4.27. The largest absolute Gasteiger partial charge is 0.313 e. The van der Waals surface area contributed by atoms with E-state index in [1.54, 1.807) is 0 Å². The summed E-state index contributed by atoms with van der Waals surface area (Å²) >= 11 is 0. The molecule has 1 rings (SSSR count). The van der Waals surface area contributed by atoms with Crippen molar-refractivity contribution in [3.8, 4) is 0 Å². The summed E-state index contributed by atoms with van der Waals surface area (Å²) in [6, 6.07) is 10.7. The second-order valence-corrected chi connectivity index (χ2v) is 6.36. The van der Waals surface area contributed by atoms with Crippen molar-refractivity contribution in [1.29, 1.82) is 0 Å². The molecule has 0 fully saturated rings. The van der Waals surface area contributed by atoms with Gasteiger partial charge in [0.05, 0.1) is 0 Å². The maximum atomic E-state index is 3.61. The predicted octanol–water partition coefficient (Wildman–Crippen LogP) is 4.58. The Bertz CT molecular complexity index is 395. The molecule has 1 aromatic rings. The van der Waals surface area contributed by atoms with Gasteiger partial charge in [-0.1, -0.05) is 68.2 Å². The van der Waals surface area contributed by atoms with Gasteiger partial charge < -0.3 is 10.2 Å². The fourth-order valence-corrected chi connectivity index (χ4v) is 2.54. The molecule has 0 aliphatic heterocycles. The normalized spacial score (nSPS) is 12.1. The van der Waals surface area contributed by atoms with Crippen molar-refractivity contribution in [2.75, 3.05) is 33.7 Å². The molecule has 0 amide bonds. The van der Waals surface area contributed by atoms with Crippen LogP contribution in [-0.4, -0.2) is 38.6 Å². The van der Waals surface area contributed by atoms with Crippen LogP contribution in [0.4, 0.5) is 0 Å². The summed E-state index contributed by atoms with van der Waals surface area (Å²) in [6.45, 7) is 5.54. The van der Waals surface area contributed by atoms with Gasteiger partial charge in [0.1, 0.15) is 0 Å². The van der Waals surface area contributed by atoms with Crippen molar-refractivity contribution in [2.45, 2.75) is 45.4 Å². The molecule has 0 heterocycles. The van der Waals surface area contributed by atoms with E-state index in [2.05, 4.69) is 67.6 Å². The molecule has 0 aliphatic rings. The van der Waals surface area contributed by atoms with Crippen LogP contribution < -0.4 is 5.32 Å². The zero-order valence-electron chi connectivity index (χ0n) is 14.8. The molecule has 0 radical (unpaired) electrons. The van der Waals surface area contributed by atoms with Crippen LogP contribution in [0.25, 0.3) is 6.08 Å².